The number of aromatic nitrogens is 1. The van der Waals surface area contributed by atoms with Gasteiger partial charge in [-0.3, -0.25) is 9.59 Å². The molecule has 0 fully saturated rings. The molecule has 21 heavy (non-hydrogen) atoms. The quantitative estimate of drug-likeness (QED) is 0.847. The highest BCUT2D eigenvalue weighted by Gasteiger charge is 2.11. The van der Waals surface area contributed by atoms with Crippen LogP contribution in [0.4, 0.5) is 4.39 Å². The Labute approximate surface area is 129 Å². The van der Waals surface area contributed by atoms with E-state index in [2.05, 4.69) is 15.9 Å². The Hall–Kier alpha value is -1.95. The first-order valence-electron chi connectivity index (χ1n) is 6.30. The highest BCUT2D eigenvalue weighted by molar-refractivity contribution is 9.10. The monoisotopic (exact) mass is 352 g/mol. The van der Waals surface area contributed by atoms with E-state index in [1.807, 2.05) is 0 Å². The van der Waals surface area contributed by atoms with Crippen LogP contribution < -0.4 is 5.56 Å². The molecule has 0 radical (unpaired) electrons. The van der Waals surface area contributed by atoms with Crippen molar-refractivity contribution in [2.24, 2.45) is 0 Å². The third-order valence-electron chi connectivity index (χ3n) is 3.01. The van der Waals surface area contributed by atoms with Gasteiger partial charge in [0.25, 0.3) is 5.56 Å². The van der Waals surface area contributed by atoms with Crippen LogP contribution in [0.1, 0.15) is 5.56 Å². The van der Waals surface area contributed by atoms with Crippen LogP contribution in [0.5, 0.6) is 0 Å². The molecule has 0 aliphatic carbocycles. The molecule has 0 aliphatic heterocycles. The molecule has 0 spiro atoms. The number of carbonyl (C=O) groups excluding carboxylic acids is 1. The average molecular weight is 353 g/mol. The molecule has 2 aromatic rings. The number of halogens is 2. The van der Waals surface area contributed by atoms with Crippen LogP contribution in [0.25, 0.3) is 0 Å². The van der Waals surface area contributed by atoms with Gasteiger partial charge in [0.1, 0.15) is 12.4 Å². The molecule has 110 valence electrons. The van der Waals surface area contributed by atoms with E-state index in [4.69, 9.17) is 0 Å². The number of nitrogens with zero attached hydrogens (tertiary/aromatic N) is 2. The molecule has 0 atom stereocenters. The van der Waals surface area contributed by atoms with Crippen molar-refractivity contribution in [3.8, 4) is 0 Å². The number of pyridine rings is 1. The lowest BCUT2D eigenvalue weighted by Gasteiger charge is -2.18. The summed E-state index contributed by atoms with van der Waals surface area (Å²) in [6.07, 6.45) is 1.58. The molecule has 0 bridgehead atoms. The summed E-state index contributed by atoms with van der Waals surface area (Å²) < 4.78 is 14.9. The molecular weight excluding hydrogens is 339 g/mol. The van der Waals surface area contributed by atoms with Crippen molar-refractivity contribution in [3.63, 3.8) is 0 Å². The van der Waals surface area contributed by atoms with Crippen LogP contribution in [0, 0.1) is 5.82 Å². The zero-order chi connectivity index (χ0) is 15.4. The Kier molecular flexibility index (Phi) is 4.90. The van der Waals surface area contributed by atoms with Gasteiger partial charge in [0.15, 0.2) is 0 Å². The van der Waals surface area contributed by atoms with Gasteiger partial charge in [0.2, 0.25) is 5.91 Å². The maximum atomic E-state index is 12.8. The molecule has 0 saturated carbocycles. The number of benzene rings is 1. The molecule has 4 nitrogen and oxygen atoms in total. The number of hydrogen-bond acceptors (Lipinski definition) is 2. The van der Waals surface area contributed by atoms with E-state index in [1.165, 1.54) is 27.7 Å². The summed E-state index contributed by atoms with van der Waals surface area (Å²) >= 11 is 3.26. The lowest BCUT2D eigenvalue weighted by atomic mass is 10.2. The highest BCUT2D eigenvalue weighted by Crippen LogP contribution is 2.07. The van der Waals surface area contributed by atoms with Crippen LogP contribution in [-0.4, -0.2) is 22.4 Å². The van der Waals surface area contributed by atoms with Gasteiger partial charge in [-0.2, -0.15) is 0 Å². The lowest BCUT2D eigenvalue weighted by molar-refractivity contribution is -0.131. The van der Waals surface area contributed by atoms with Crippen molar-refractivity contribution >= 4 is 21.8 Å². The van der Waals surface area contributed by atoms with Gasteiger partial charge in [-0.25, -0.2) is 4.39 Å². The molecule has 0 aliphatic rings. The maximum Gasteiger partial charge on any atom is 0.251 e. The van der Waals surface area contributed by atoms with Crippen LogP contribution in [0.2, 0.25) is 0 Å². The van der Waals surface area contributed by atoms with Crippen LogP contribution >= 0.6 is 15.9 Å². The second kappa shape index (κ2) is 6.67. The van der Waals surface area contributed by atoms with Gasteiger partial charge in [0.05, 0.1) is 0 Å². The van der Waals surface area contributed by atoms with Gasteiger partial charge in [-0.15, -0.1) is 0 Å². The van der Waals surface area contributed by atoms with Crippen molar-refractivity contribution in [3.05, 3.63) is 68.8 Å². The van der Waals surface area contributed by atoms with Crippen molar-refractivity contribution in [2.75, 3.05) is 7.05 Å². The van der Waals surface area contributed by atoms with E-state index >= 15 is 0 Å². The molecule has 1 amide bonds. The number of carbonyl (C=O) groups is 1. The lowest BCUT2D eigenvalue weighted by Crippen LogP contribution is -2.33. The van der Waals surface area contributed by atoms with Crippen LogP contribution in [0.3, 0.4) is 0 Å². The van der Waals surface area contributed by atoms with E-state index < -0.39 is 0 Å². The number of amides is 1. The third-order valence-corrected chi connectivity index (χ3v) is 3.48. The SMILES string of the molecule is CN(Cc1ccc(F)cc1)C(=O)Cn1cc(Br)ccc1=O. The minimum absolute atomic E-state index is 0.0318. The molecule has 1 heterocycles. The Bertz CT molecular complexity index is 698. The van der Waals surface area contributed by atoms with Gasteiger partial charge >= 0.3 is 0 Å². The summed E-state index contributed by atoms with van der Waals surface area (Å²) in [5.41, 5.74) is 0.593. The average Bonchev–Trinajstić information content (AvgIpc) is 2.45. The Morgan fingerprint density at radius 1 is 1.24 bits per heavy atom. The molecular formula is C15H14BrFN2O2. The maximum absolute atomic E-state index is 12.8. The van der Waals surface area contributed by atoms with Crippen molar-refractivity contribution in [2.45, 2.75) is 13.1 Å². The molecule has 1 aromatic carbocycles. The molecule has 2 rings (SSSR count). The highest BCUT2D eigenvalue weighted by atomic mass is 79.9. The fourth-order valence-electron chi connectivity index (χ4n) is 1.84. The smallest absolute Gasteiger partial charge is 0.251 e. The first-order valence-corrected chi connectivity index (χ1v) is 7.09. The fraction of sp³-hybridized carbons (Fsp3) is 0.200. The predicted octanol–water partition coefficient (Wildman–Crippen LogP) is 2.41. The second-order valence-electron chi connectivity index (χ2n) is 4.69. The molecule has 0 N–H and O–H groups in total. The minimum Gasteiger partial charge on any atom is -0.340 e. The van der Waals surface area contributed by atoms with E-state index in [9.17, 15) is 14.0 Å². The van der Waals surface area contributed by atoms with E-state index in [-0.39, 0.29) is 23.8 Å². The third kappa shape index (κ3) is 4.26. The van der Waals surface area contributed by atoms with Crippen molar-refractivity contribution < 1.29 is 9.18 Å². The number of hydrogen-bond donors (Lipinski definition) is 0. The number of rotatable bonds is 4. The predicted molar refractivity (Wildman–Crippen MR) is 81.3 cm³/mol. The van der Waals surface area contributed by atoms with Gasteiger partial charge < -0.3 is 9.47 Å². The van der Waals surface area contributed by atoms with Crippen molar-refractivity contribution in [1.29, 1.82) is 0 Å². The summed E-state index contributed by atoms with van der Waals surface area (Å²) in [4.78, 5) is 25.3. The summed E-state index contributed by atoms with van der Waals surface area (Å²) in [5.74, 6) is -0.507. The number of likely N-dealkylation sites (N-methyl/N-ethyl adjacent to an activating group) is 1. The Morgan fingerprint density at radius 2 is 1.90 bits per heavy atom. The van der Waals surface area contributed by atoms with E-state index in [0.29, 0.717) is 6.54 Å². The Morgan fingerprint density at radius 3 is 2.57 bits per heavy atom. The van der Waals surface area contributed by atoms with Gasteiger partial charge in [-0.1, -0.05) is 12.1 Å². The molecule has 6 heteroatoms. The second-order valence-corrected chi connectivity index (χ2v) is 5.61. The zero-order valence-electron chi connectivity index (χ0n) is 11.4. The summed E-state index contributed by atoms with van der Waals surface area (Å²) in [6.45, 7) is 0.331. The molecule has 0 unspecified atom stereocenters. The molecule has 1 aromatic heterocycles. The van der Waals surface area contributed by atoms with Gasteiger partial charge in [0, 0.05) is 30.3 Å². The van der Waals surface area contributed by atoms with E-state index in [1.54, 1.807) is 31.4 Å². The minimum atomic E-state index is -0.312. The summed E-state index contributed by atoms with van der Waals surface area (Å²) in [5, 5.41) is 0. The molecule has 0 saturated heterocycles. The first-order chi connectivity index (χ1) is 9.95. The van der Waals surface area contributed by atoms with Crippen molar-refractivity contribution in [1.82, 2.24) is 9.47 Å². The van der Waals surface area contributed by atoms with Gasteiger partial charge in [-0.05, 0) is 39.7 Å². The largest absolute Gasteiger partial charge is 0.340 e. The zero-order valence-corrected chi connectivity index (χ0v) is 13.0. The topological polar surface area (TPSA) is 42.3 Å². The summed E-state index contributed by atoms with van der Waals surface area (Å²) in [6, 6.07) is 9.00. The van der Waals surface area contributed by atoms with E-state index in [0.717, 1.165) is 10.0 Å². The normalized spacial score (nSPS) is 10.4. The Balaban J connectivity index is 2.04. The fourth-order valence-corrected chi connectivity index (χ4v) is 2.22. The van der Waals surface area contributed by atoms with Crippen LogP contribution in [-0.2, 0) is 17.9 Å². The van der Waals surface area contributed by atoms with Crippen LogP contribution in [0.15, 0.2) is 51.9 Å². The summed E-state index contributed by atoms with van der Waals surface area (Å²) in [7, 11) is 1.65. The standard InChI is InChI=1S/C15H14BrFN2O2/c1-18(8-11-2-5-13(17)6-3-11)15(21)10-19-9-12(16)4-7-14(19)20/h2-7,9H,8,10H2,1H3. The first kappa shape index (κ1) is 15.4.